The number of hydrogen-bond donors (Lipinski definition) is 2. The van der Waals surface area contributed by atoms with Crippen LogP contribution in [0.25, 0.3) is 0 Å². The summed E-state index contributed by atoms with van der Waals surface area (Å²) >= 11 is 19.0. The number of hydrogen-bond acceptors (Lipinski definition) is 4. The van der Waals surface area contributed by atoms with Gasteiger partial charge in [-0.25, -0.2) is 8.42 Å². The Balaban J connectivity index is 2.04. The lowest BCUT2D eigenvalue weighted by Gasteiger charge is -2.25. The van der Waals surface area contributed by atoms with Gasteiger partial charge in [-0.3, -0.25) is 10.1 Å². The topological polar surface area (TPSA) is 79.8 Å². The molecule has 0 aromatic carbocycles. The van der Waals surface area contributed by atoms with Crippen LogP contribution in [0.5, 0.6) is 0 Å². The summed E-state index contributed by atoms with van der Waals surface area (Å²) in [4.78, 5) is 12.6. The number of thiophene rings is 1. The van der Waals surface area contributed by atoms with Gasteiger partial charge in [-0.1, -0.05) is 40.9 Å². The molecule has 0 bridgehead atoms. The van der Waals surface area contributed by atoms with Crippen molar-refractivity contribution in [2.75, 3.05) is 11.5 Å². The second-order valence-corrected chi connectivity index (χ2v) is 10.4. The summed E-state index contributed by atoms with van der Waals surface area (Å²) in [6.07, 6.45) is -0.371. The average molecular weight is 393 g/mol. The Hall–Kier alpha value is -0.0500. The summed E-state index contributed by atoms with van der Waals surface area (Å²) in [5, 5.41) is 6.02. The van der Waals surface area contributed by atoms with Crippen LogP contribution in [0.2, 0.25) is 0 Å². The van der Waals surface area contributed by atoms with Crippen LogP contribution in [0.1, 0.15) is 16.1 Å². The lowest BCUT2D eigenvalue weighted by atomic mass is 10.2. The van der Waals surface area contributed by atoms with E-state index in [2.05, 4.69) is 5.32 Å². The Morgan fingerprint density at radius 2 is 2.19 bits per heavy atom. The average Bonchev–Trinajstić information content (AvgIpc) is 2.96. The molecule has 1 aromatic rings. The Labute approximate surface area is 141 Å². The number of alkyl halides is 3. The van der Waals surface area contributed by atoms with Crippen molar-refractivity contribution in [3.63, 3.8) is 0 Å². The molecule has 1 aliphatic heterocycles. The maximum Gasteiger partial charge on any atom is 0.265 e. The standard InChI is InChI=1S/C11H13Cl3N2O3S2/c12-11(13,14)10(15-7-3-5-21(18,19)6-7)16-9(17)8-2-1-4-20-8/h1-2,4,7,10,15H,3,5-6H2,(H,16,17)/p+1/t7-,10+/m1/s1. The summed E-state index contributed by atoms with van der Waals surface area (Å²) in [5.74, 6) is -0.197. The predicted octanol–water partition coefficient (Wildman–Crippen LogP) is 0.925. The molecule has 0 unspecified atom stereocenters. The van der Waals surface area contributed by atoms with Crippen LogP contribution >= 0.6 is 46.1 Å². The highest BCUT2D eigenvalue weighted by Crippen LogP contribution is 2.28. The van der Waals surface area contributed by atoms with E-state index in [-0.39, 0.29) is 23.5 Å². The van der Waals surface area contributed by atoms with Crippen LogP contribution in [0.4, 0.5) is 0 Å². The maximum atomic E-state index is 12.0. The molecule has 1 saturated heterocycles. The lowest BCUT2D eigenvalue weighted by Crippen LogP contribution is -3.00. The third-order valence-electron chi connectivity index (χ3n) is 3.12. The number of halogens is 3. The third kappa shape index (κ3) is 4.97. The number of sulfone groups is 1. The van der Waals surface area contributed by atoms with Gasteiger partial charge in [0.1, 0.15) is 11.8 Å². The SMILES string of the molecule is O=C(N[C@H]([NH2+][C@@H]1CCS(=O)(=O)C1)C(Cl)(Cl)Cl)c1cccs1. The van der Waals surface area contributed by atoms with Gasteiger partial charge in [0.05, 0.1) is 10.6 Å². The normalized spacial score (nSPS) is 22.9. The van der Waals surface area contributed by atoms with Gasteiger partial charge in [0.15, 0.2) is 9.84 Å². The summed E-state index contributed by atoms with van der Waals surface area (Å²) in [6, 6.07) is 3.19. The molecule has 1 aliphatic rings. The van der Waals surface area contributed by atoms with Crippen molar-refractivity contribution in [2.45, 2.75) is 22.4 Å². The van der Waals surface area contributed by atoms with Crippen LogP contribution in [-0.4, -0.2) is 41.8 Å². The summed E-state index contributed by atoms with van der Waals surface area (Å²) < 4.78 is 21.2. The zero-order chi connectivity index (χ0) is 15.7. The Kier molecular flexibility index (Phi) is 5.44. The first-order valence-corrected chi connectivity index (χ1v) is 9.97. The molecule has 1 fully saturated rings. The second kappa shape index (κ2) is 6.60. The zero-order valence-electron chi connectivity index (χ0n) is 10.8. The molecule has 0 spiro atoms. The van der Waals surface area contributed by atoms with Crippen molar-refractivity contribution in [1.82, 2.24) is 5.32 Å². The van der Waals surface area contributed by atoms with Gasteiger partial charge in [0, 0.05) is 6.42 Å². The van der Waals surface area contributed by atoms with Gasteiger partial charge >= 0.3 is 0 Å². The number of nitrogens with one attached hydrogen (secondary N) is 1. The Morgan fingerprint density at radius 1 is 1.48 bits per heavy atom. The van der Waals surface area contributed by atoms with E-state index < -0.39 is 19.8 Å². The van der Waals surface area contributed by atoms with Gasteiger partial charge < -0.3 is 5.32 Å². The van der Waals surface area contributed by atoms with E-state index in [0.29, 0.717) is 11.3 Å². The summed E-state index contributed by atoms with van der Waals surface area (Å²) in [6.45, 7) is 0. The van der Waals surface area contributed by atoms with Crippen molar-refractivity contribution < 1.29 is 18.5 Å². The van der Waals surface area contributed by atoms with E-state index in [9.17, 15) is 13.2 Å². The van der Waals surface area contributed by atoms with Gasteiger partial charge in [0.2, 0.25) is 6.17 Å². The minimum Gasteiger partial charge on any atom is -0.320 e. The third-order valence-corrected chi connectivity index (χ3v) is 6.48. The molecule has 10 heteroatoms. The number of carbonyl (C=O) groups excluding carboxylic acids is 1. The fourth-order valence-corrected chi connectivity index (χ4v) is 4.87. The second-order valence-electron chi connectivity index (χ2n) is 4.83. The maximum absolute atomic E-state index is 12.0. The molecule has 0 saturated carbocycles. The molecule has 1 aromatic heterocycles. The van der Waals surface area contributed by atoms with Crippen LogP contribution < -0.4 is 10.6 Å². The van der Waals surface area contributed by atoms with Gasteiger partial charge in [-0.2, -0.15) is 0 Å². The first kappa shape index (κ1) is 17.3. The molecule has 2 heterocycles. The van der Waals surface area contributed by atoms with Gasteiger partial charge in [0.25, 0.3) is 9.70 Å². The van der Waals surface area contributed by atoms with Gasteiger partial charge in [-0.05, 0) is 11.4 Å². The highest BCUT2D eigenvalue weighted by molar-refractivity contribution is 7.91. The monoisotopic (exact) mass is 391 g/mol. The first-order valence-electron chi connectivity index (χ1n) is 6.14. The van der Waals surface area contributed by atoms with Crippen LogP contribution in [0.3, 0.4) is 0 Å². The van der Waals surface area contributed by atoms with E-state index in [1.807, 2.05) is 0 Å². The van der Waals surface area contributed by atoms with E-state index in [0.717, 1.165) is 0 Å². The van der Waals surface area contributed by atoms with Crippen molar-refractivity contribution in [2.24, 2.45) is 0 Å². The molecular formula is C11H14Cl3N2O3S2+. The van der Waals surface area contributed by atoms with Crippen molar-refractivity contribution in [3.05, 3.63) is 22.4 Å². The molecule has 5 nitrogen and oxygen atoms in total. The van der Waals surface area contributed by atoms with Crippen LogP contribution in [0, 0.1) is 0 Å². The highest BCUT2D eigenvalue weighted by atomic mass is 35.6. The largest absolute Gasteiger partial charge is 0.320 e. The minimum absolute atomic E-state index is 0.0269. The van der Waals surface area contributed by atoms with Crippen LogP contribution in [0.15, 0.2) is 17.5 Å². The summed E-state index contributed by atoms with van der Waals surface area (Å²) in [5.41, 5.74) is 0. The van der Waals surface area contributed by atoms with Crippen molar-refractivity contribution in [1.29, 1.82) is 0 Å². The van der Waals surface area contributed by atoms with E-state index in [4.69, 9.17) is 34.8 Å². The van der Waals surface area contributed by atoms with E-state index in [1.54, 1.807) is 22.8 Å². The Bertz CT molecular complexity index is 599. The number of nitrogens with two attached hydrogens (primary N) is 1. The molecule has 118 valence electrons. The molecule has 3 N–H and O–H groups in total. The highest BCUT2D eigenvalue weighted by Gasteiger charge is 2.42. The quantitative estimate of drug-likeness (QED) is 0.591. The van der Waals surface area contributed by atoms with Crippen molar-refractivity contribution in [3.8, 4) is 0 Å². The molecule has 0 radical (unpaired) electrons. The van der Waals surface area contributed by atoms with E-state index in [1.165, 1.54) is 11.3 Å². The van der Waals surface area contributed by atoms with Crippen molar-refractivity contribution >= 4 is 61.9 Å². The molecule has 1 amide bonds. The smallest absolute Gasteiger partial charge is 0.265 e. The fourth-order valence-electron chi connectivity index (χ4n) is 2.11. The Morgan fingerprint density at radius 3 is 2.67 bits per heavy atom. The first-order chi connectivity index (χ1) is 9.67. The molecule has 2 atom stereocenters. The number of carbonyl (C=O) groups is 1. The number of rotatable bonds is 4. The van der Waals surface area contributed by atoms with Crippen LogP contribution in [-0.2, 0) is 9.84 Å². The molecule has 0 aliphatic carbocycles. The lowest BCUT2D eigenvalue weighted by molar-refractivity contribution is -0.719. The molecule has 2 rings (SSSR count). The number of quaternary nitrogens is 1. The van der Waals surface area contributed by atoms with Gasteiger partial charge in [-0.15, -0.1) is 11.3 Å². The zero-order valence-corrected chi connectivity index (χ0v) is 14.7. The fraction of sp³-hybridized carbons (Fsp3) is 0.545. The molecule has 21 heavy (non-hydrogen) atoms. The van der Waals surface area contributed by atoms with E-state index >= 15 is 0 Å². The number of amides is 1. The summed E-state index contributed by atoms with van der Waals surface area (Å²) in [7, 11) is -3.03. The minimum atomic E-state index is -3.03. The molecular weight excluding hydrogens is 379 g/mol. The predicted molar refractivity (Wildman–Crippen MR) is 84.8 cm³/mol.